The molecular formula is C48H78O16. The number of carboxylic acid groups (broad SMARTS) is 1. The van der Waals surface area contributed by atoms with Crippen molar-refractivity contribution >= 4 is 5.97 Å². The van der Waals surface area contributed by atoms with E-state index in [0.29, 0.717) is 19.3 Å². The zero-order valence-corrected chi connectivity index (χ0v) is 38.8. The quantitative estimate of drug-likeness (QED) is 0.117. The summed E-state index contributed by atoms with van der Waals surface area (Å²) in [6.45, 7) is 14.3. The zero-order chi connectivity index (χ0) is 46.7. The molecule has 8 aliphatic rings. The van der Waals surface area contributed by atoms with Crippen molar-refractivity contribution in [1.29, 1.82) is 0 Å². The second-order valence-electron chi connectivity index (χ2n) is 23.3. The maximum atomic E-state index is 13.2. The minimum absolute atomic E-state index is 0.000287. The molecule has 3 aliphatic heterocycles. The van der Waals surface area contributed by atoms with Gasteiger partial charge in [0, 0.05) is 11.3 Å². The fourth-order valence-electron chi connectivity index (χ4n) is 15.3. The molecule has 10 N–H and O–H groups in total. The number of allylic oxidation sites excluding steroid dienone is 2. The number of rotatable bonds is 9. The largest absolute Gasteiger partial charge is 0.481 e. The number of hydrogen-bond donors (Lipinski definition) is 10. The first-order chi connectivity index (χ1) is 29.9. The average Bonchev–Trinajstić information content (AvgIpc) is 3.24. The summed E-state index contributed by atoms with van der Waals surface area (Å²) < 4.78 is 30.9. The smallest absolute Gasteiger partial charge is 0.310 e. The van der Waals surface area contributed by atoms with Gasteiger partial charge in [0.2, 0.25) is 0 Å². The lowest BCUT2D eigenvalue weighted by atomic mass is 9.33. The van der Waals surface area contributed by atoms with Gasteiger partial charge in [0.15, 0.2) is 12.6 Å². The van der Waals surface area contributed by atoms with Crippen molar-refractivity contribution in [3.05, 3.63) is 11.6 Å². The third kappa shape index (κ3) is 7.50. The predicted octanol–water partition coefficient (Wildman–Crippen LogP) is 2.01. The van der Waals surface area contributed by atoms with Crippen LogP contribution in [0.15, 0.2) is 11.6 Å². The molecule has 3 saturated heterocycles. The van der Waals surface area contributed by atoms with Gasteiger partial charge >= 0.3 is 5.97 Å². The molecule has 16 heteroatoms. The summed E-state index contributed by atoms with van der Waals surface area (Å²) in [7, 11) is 0. The SMILES string of the molecule is C[C@@H]1O[C@@H](C[C@H]2[C@H](O[C@H]3CC[C@@]4(C)C(CC[C@]5(C)C4CC=C4C6CC(C)(C)CC[C@]6(C(=O)O)CC[C@]45C)[C@]3(C)CO)OC[C@H](O[C@@H]3O[C@H](CO)[C@@H](O)[C@H](O)[C@H]3O)[C@@H]2O)[C@H](O)[C@H](O)[C@H]1O. The van der Waals surface area contributed by atoms with Gasteiger partial charge in [-0.2, -0.15) is 0 Å². The second-order valence-corrected chi connectivity index (χ2v) is 23.3. The van der Waals surface area contributed by atoms with E-state index in [9.17, 15) is 55.9 Å². The Hall–Kier alpha value is -1.35. The highest BCUT2D eigenvalue weighted by atomic mass is 16.7. The van der Waals surface area contributed by atoms with Crippen molar-refractivity contribution in [2.24, 2.45) is 56.2 Å². The van der Waals surface area contributed by atoms with Crippen LogP contribution in [0.1, 0.15) is 119 Å². The lowest BCUT2D eigenvalue weighted by Crippen LogP contribution is -2.66. The molecule has 0 radical (unpaired) electrons. The topological polar surface area (TPSA) is 266 Å². The predicted molar refractivity (Wildman–Crippen MR) is 228 cm³/mol. The third-order valence-corrected chi connectivity index (χ3v) is 19.7. The normalized spacial score (nSPS) is 55.0. The third-order valence-electron chi connectivity index (χ3n) is 19.7. The van der Waals surface area contributed by atoms with Gasteiger partial charge in [0.05, 0.1) is 49.7 Å². The number of fused-ring (bicyclic) bond motifs is 7. The highest BCUT2D eigenvalue weighted by Gasteiger charge is 2.70. The van der Waals surface area contributed by atoms with E-state index in [1.807, 2.05) is 0 Å². The van der Waals surface area contributed by atoms with Gasteiger partial charge in [-0.3, -0.25) is 4.79 Å². The molecule has 5 aliphatic carbocycles. The van der Waals surface area contributed by atoms with Crippen LogP contribution in [-0.4, -0.2) is 163 Å². The summed E-state index contributed by atoms with van der Waals surface area (Å²) in [5, 5.41) is 108. The second kappa shape index (κ2) is 17.3. The summed E-state index contributed by atoms with van der Waals surface area (Å²) in [5.41, 5.74) is -0.548. The van der Waals surface area contributed by atoms with Gasteiger partial charge in [-0.15, -0.1) is 0 Å². The molecule has 23 atom stereocenters. The molecule has 3 unspecified atom stereocenters. The van der Waals surface area contributed by atoms with Crippen LogP contribution in [0, 0.1) is 56.2 Å². The van der Waals surface area contributed by atoms with E-state index in [2.05, 4.69) is 47.6 Å². The molecule has 64 heavy (non-hydrogen) atoms. The standard InChI is InChI=1S/C48H78O16/c1-23-33(51)37(55)35(53)27(61-23)18-24-34(52)29(63-41-39(57)38(56)36(54)28(20-49)62-41)21-60-40(24)64-32-11-12-44(4)30(45(32,5)22-50)10-13-47(7)31(44)9-8-25-26-19-43(2,3)14-16-48(26,42(58)59)17-15-46(25,47)6/h8,23-24,26-41,49-57H,9-22H2,1-7H3,(H,58,59)/t23-,24+,26?,27-,28+,29-,30?,31?,32-,33-,34+,35-,36+,37+,38-,39+,40-,41-,44-,45-,46+,47+,48-/m0/s1. The van der Waals surface area contributed by atoms with Crippen LogP contribution >= 0.6 is 0 Å². The first kappa shape index (κ1) is 49.1. The van der Waals surface area contributed by atoms with Gasteiger partial charge < -0.3 is 74.7 Å². The molecule has 0 aromatic heterocycles. The zero-order valence-electron chi connectivity index (χ0n) is 38.8. The van der Waals surface area contributed by atoms with Crippen molar-refractivity contribution in [2.45, 2.75) is 205 Å². The summed E-state index contributed by atoms with van der Waals surface area (Å²) in [6, 6.07) is 0. The van der Waals surface area contributed by atoms with E-state index in [4.69, 9.17) is 23.7 Å². The Morgan fingerprint density at radius 2 is 1.41 bits per heavy atom. The van der Waals surface area contributed by atoms with Crippen LogP contribution in [-0.2, 0) is 28.5 Å². The fraction of sp³-hybridized carbons (Fsp3) is 0.938. The molecule has 8 rings (SSSR count). The van der Waals surface area contributed by atoms with Crippen LogP contribution in [0.25, 0.3) is 0 Å². The monoisotopic (exact) mass is 911 g/mol. The van der Waals surface area contributed by atoms with E-state index in [-0.39, 0.29) is 59.0 Å². The maximum Gasteiger partial charge on any atom is 0.310 e. The molecule has 366 valence electrons. The molecule has 7 fully saturated rings. The Bertz CT molecular complexity index is 1740. The lowest BCUT2D eigenvalue weighted by Gasteiger charge is -2.71. The highest BCUT2D eigenvalue weighted by molar-refractivity contribution is 5.76. The summed E-state index contributed by atoms with van der Waals surface area (Å²) in [5.74, 6) is -1.34. The summed E-state index contributed by atoms with van der Waals surface area (Å²) >= 11 is 0. The minimum atomic E-state index is -1.73. The fourth-order valence-corrected chi connectivity index (χ4v) is 15.3. The number of carbonyl (C=O) groups is 1. The molecule has 4 saturated carbocycles. The minimum Gasteiger partial charge on any atom is -0.481 e. The van der Waals surface area contributed by atoms with Gasteiger partial charge in [0.25, 0.3) is 0 Å². The van der Waals surface area contributed by atoms with Crippen LogP contribution in [0.4, 0.5) is 0 Å². The molecule has 0 spiro atoms. The molecular weight excluding hydrogens is 833 g/mol. The molecule has 0 aromatic rings. The van der Waals surface area contributed by atoms with E-state index in [1.54, 1.807) is 6.92 Å². The van der Waals surface area contributed by atoms with Crippen molar-refractivity contribution < 1.29 is 79.5 Å². The number of carboxylic acids is 1. The Kier molecular flexibility index (Phi) is 13.2. The number of aliphatic carboxylic acids is 1. The molecule has 0 bridgehead atoms. The first-order valence-electron chi connectivity index (χ1n) is 24.1. The summed E-state index contributed by atoms with van der Waals surface area (Å²) in [4.78, 5) is 13.2. The Labute approximate surface area is 377 Å². The van der Waals surface area contributed by atoms with Crippen molar-refractivity contribution in [1.82, 2.24) is 0 Å². The maximum absolute atomic E-state index is 13.2. The summed E-state index contributed by atoms with van der Waals surface area (Å²) in [6.07, 6.45) is -8.23. The lowest BCUT2D eigenvalue weighted by molar-refractivity contribution is -0.350. The van der Waals surface area contributed by atoms with Gasteiger partial charge in [0.1, 0.15) is 48.8 Å². The van der Waals surface area contributed by atoms with Crippen LogP contribution in [0.2, 0.25) is 0 Å². The number of ether oxygens (including phenoxy) is 5. The van der Waals surface area contributed by atoms with Crippen LogP contribution in [0.5, 0.6) is 0 Å². The average molecular weight is 911 g/mol. The molecule has 16 nitrogen and oxygen atoms in total. The number of aliphatic hydroxyl groups is 9. The first-order valence-corrected chi connectivity index (χ1v) is 24.1. The van der Waals surface area contributed by atoms with Crippen molar-refractivity contribution in [2.75, 3.05) is 19.8 Å². The van der Waals surface area contributed by atoms with Gasteiger partial charge in [-0.1, -0.05) is 53.2 Å². The van der Waals surface area contributed by atoms with E-state index >= 15 is 0 Å². The number of hydrogen-bond acceptors (Lipinski definition) is 15. The van der Waals surface area contributed by atoms with Crippen molar-refractivity contribution in [3.63, 3.8) is 0 Å². The Morgan fingerprint density at radius 3 is 2.08 bits per heavy atom. The van der Waals surface area contributed by atoms with E-state index < -0.39 is 115 Å². The van der Waals surface area contributed by atoms with E-state index in [1.165, 1.54) is 5.57 Å². The molecule has 3 heterocycles. The Morgan fingerprint density at radius 1 is 0.734 bits per heavy atom. The van der Waals surface area contributed by atoms with Crippen LogP contribution < -0.4 is 0 Å². The molecule has 0 amide bonds. The van der Waals surface area contributed by atoms with Gasteiger partial charge in [-0.05, 0) is 117 Å². The van der Waals surface area contributed by atoms with E-state index in [0.717, 1.165) is 44.9 Å². The van der Waals surface area contributed by atoms with Crippen molar-refractivity contribution in [3.8, 4) is 0 Å². The molecule has 0 aromatic carbocycles. The number of aliphatic hydroxyl groups excluding tert-OH is 9. The van der Waals surface area contributed by atoms with Crippen LogP contribution in [0.3, 0.4) is 0 Å². The Balaban J connectivity index is 1.05. The van der Waals surface area contributed by atoms with Gasteiger partial charge in [-0.25, -0.2) is 0 Å². The highest BCUT2D eigenvalue weighted by Crippen LogP contribution is 2.76.